The van der Waals surface area contributed by atoms with Crippen LogP contribution in [0.4, 0.5) is 0 Å². The summed E-state index contributed by atoms with van der Waals surface area (Å²) in [5.41, 5.74) is 0. The zero-order valence-corrected chi connectivity index (χ0v) is 26.7. The molecule has 0 aromatic rings. The largest absolute Gasteiger partial charge is 0.501 e. The second kappa shape index (κ2) is 10.7. The maximum atomic E-state index is 6.61. The van der Waals surface area contributed by atoms with Gasteiger partial charge in [-0.25, -0.2) is 0 Å². The second-order valence-corrected chi connectivity index (χ2v) is 38.1. The molecule has 0 aromatic heterocycles. The molecule has 29 heavy (non-hydrogen) atoms. The molecule has 0 aliphatic heterocycles. The van der Waals surface area contributed by atoms with Crippen LogP contribution in [0.3, 0.4) is 0 Å². The molecule has 0 amide bonds. The Morgan fingerprint density at radius 3 is 0.724 bits per heavy atom. The molecule has 0 radical (unpaired) electrons. The first-order valence-corrected chi connectivity index (χ1v) is 26.3. The SMILES string of the molecule is CO[Si](OC)(OC)[Si](C)(C)O[Si](C)(C)O[Si](C)(C)O[Si](C)(C)[Si](OC)(OC)OC. The summed E-state index contributed by atoms with van der Waals surface area (Å²) in [6.45, 7) is 16.2. The van der Waals surface area contributed by atoms with Crippen molar-refractivity contribution in [2.24, 2.45) is 0 Å². The molecule has 0 bridgehead atoms. The van der Waals surface area contributed by atoms with Gasteiger partial charge in [-0.3, -0.25) is 0 Å². The van der Waals surface area contributed by atoms with Gasteiger partial charge >= 0.3 is 33.8 Å². The maximum absolute atomic E-state index is 6.61. The first-order chi connectivity index (χ1) is 13.0. The van der Waals surface area contributed by atoms with Crippen molar-refractivity contribution in [3.05, 3.63) is 0 Å². The molecular formula is C14H42O9Si6. The van der Waals surface area contributed by atoms with Crippen LogP contribution in [0.15, 0.2) is 0 Å². The number of hydrogen-bond donors (Lipinski definition) is 0. The first kappa shape index (κ1) is 29.9. The fourth-order valence-electron chi connectivity index (χ4n) is 3.96. The minimum atomic E-state index is -2.92. The highest BCUT2D eigenvalue weighted by Crippen LogP contribution is 2.31. The van der Waals surface area contributed by atoms with Gasteiger partial charge in [0.05, 0.1) is 0 Å². The fourth-order valence-corrected chi connectivity index (χ4v) is 40.1. The van der Waals surface area contributed by atoms with Gasteiger partial charge in [0.1, 0.15) is 0 Å². The van der Waals surface area contributed by atoms with Crippen LogP contribution in [0.5, 0.6) is 0 Å². The standard InChI is InChI=1S/C14H42O9Si6/c1-15-28(16-2,17-3)26(11,12)22-24(7,8)21-25(9,10)23-27(13,14)29(18-4,19-5)20-6/h1-14H3. The molecule has 0 spiro atoms. The van der Waals surface area contributed by atoms with E-state index in [2.05, 4.69) is 0 Å². The Morgan fingerprint density at radius 1 is 0.345 bits per heavy atom. The molecule has 0 aliphatic rings. The van der Waals surface area contributed by atoms with Crippen LogP contribution in [-0.2, 0) is 38.9 Å². The molecule has 0 heterocycles. The highest BCUT2D eigenvalue weighted by atomic mass is 29.3. The van der Waals surface area contributed by atoms with Crippen LogP contribution in [0.2, 0.25) is 52.4 Å². The molecule has 0 saturated carbocycles. The minimum absolute atomic E-state index is 1.60. The quantitative estimate of drug-likeness (QED) is 0.320. The highest BCUT2D eigenvalue weighted by Gasteiger charge is 2.62. The Labute approximate surface area is 183 Å². The van der Waals surface area contributed by atoms with Crippen molar-refractivity contribution in [1.82, 2.24) is 0 Å². The van der Waals surface area contributed by atoms with E-state index in [-0.39, 0.29) is 0 Å². The summed E-state index contributed by atoms with van der Waals surface area (Å²) in [6, 6.07) is 0. The van der Waals surface area contributed by atoms with Crippen LogP contribution in [-0.4, -0.2) is 92.1 Å². The van der Waals surface area contributed by atoms with Crippen molar-refractivity contribution in [3.8, 4) is 0 Å². The molecule has 0 atom stereocenters. The van der Waals surface area contributed by atoms with Gasteiger partial charge in [0.25, 0.3) is 15.7 Å². The first-order valence-electron chi connectivity index (χ1n) is 9.40. The van der Waals surface area contributed by atoms with Gasteiger partial charge in [0.2, 0.25) is 0 Å². The Morgan fingerprint density at radius 2 is 0.552 bits per heavy atom. The third kappa shape index (κ3) is 6.96. The monoisotopic (exact) mass is 522 g/mol. The van der Waals surface area contributed by atoms with Crippen molar-refractivity contribution < 1.29 is 38.9 Å². The fraction of sp³-hybridized carbons (Fsp3) is 1.00. The van der Waals surface area contributed by atoms with Gasteiger partial charge in [0, 0.05) is 42.7 Å². The van der Waals surface area contributed by atoms with Crippen molar-refractivity contribution in [2.75, 3.05) is 42.7 Å². The smallest absolute Gasteiger partial charge is 0.433 e. The molecule has 0 saturated heterocycles. The topological polar surface area (TPSA) is 83.1 Å². The van der Waals surface area contributed by atoms with Gasteiger partial charge in [0.15, 0.2) is 0 Å². The van der Waals surface area contributed by atoms with Gasteiger partial charge < -0.3 is 38.9 Å². The van der Waals surface area contributed by atoms with E-state index in [1.165, 1.54) is 0 Å². The normalized spacial score (nSPS) is 15.1. The second-order valence-electron chi connectivity index (χ2n) is 8.46. The molecule has 0 rings (SSSR count). The van der Waals surface area contributed by atoms with E-state index in [0.29, 0.717) is 0 Å². The summed E-state index contributed by atoms with van der Waals surface area (Å²) in [5.74, 6) is 0. The van der Waals surface area contributed by atoms with Crippen LogP contribution < -0.4 is 0 Å². The zero-order chi connectivity index (χ0) is 23.4. The number of hydrogen-bond acceptors (Lipinski definition) is 9. The zero-order valence-electron chi connectivity index (χ0n) is 20.7. The van der Waals surface area contributed by atoms with E-state index in [0.717, 1.165) is 0 Å². The van der Waals surface area contributed by atoms with E-state index in [1.54, 1.807) is 42.7 Å². The van der Waals surface area contributed by atoms with Gasteiger partial charge in [-0.05, 0) is 52.4 Å². The third-order valence-corrected chi connectivity index (χ3v) is 37.1. The van der Waals surface area contributed by atoms with E-state index in [4.69, 9.17) is 38.9 Å². The van der Waals surface area contributed by atoms with E-state index < -0.39 is 49.4 Å². The Kier molecular flexibility index (Phi) is 11.1. The van der Waals surface area contributed by atoms with Crippen molar-refractivity contribution >= 4 is 49.4 Å². The molecular weight excluding hydrogens is 481 g/mol. The summed E-state index contributed by atoms with van der Waals surface area (Å²) in [5, 5.41) is 0. The van der Waals surface area contributed by atoms with Gasteiger partial charge in [-0.2, -0.15) is 0 Å². The van der Waals surface area contributed by atoms with Gasteiger partial charge in [-0.1, -0.05) is 0 Å². The Balaban J connectivity index is 5.60. The van der Waals surface area contributed by atoms with Crippen molar-refractivity contribution in [1.29, 1.82) is 0 Å². The average molecular weight is 523 g/mol. The summed E-state index contributed by atoms with van der Waals surface area (Å²) in [6.07, 6.45) is 0. The lowest BCUT2D eigenvalue weighted by Crippen LogP contribution is -2.71. The number of rotatable bonds is 14. The molecule has 0 N–H and O–H groups in total. The Hall–Kier alpha value is 0.941. The van der Waals surface area contributed by atoms with Crippen molar-refractivity contribution in [2.45, 2.75) is 52.4 Å². The summed E-state index contributed by atoms with van der Waals surface area (Å²) >= 11 is 0. The maximum Gasteiger partial charge on any atom is 0.501 e. The van der Waals surface area contributed by atoms with E-state index in [9.17, 15) is 0 Å². The molecule has 15 heteroatoms. The van der Waals surface area contributed by atoms with Gasteiger partial charge in [-0.15, -0.1) is 0 Å². The molecule has 9 nitrogen and oxygen atoms in total. The highest BCUT2D eigenvalue weighted by molar-refractivity contribution is 7.33. The van der Waals surface area contributed by atoms with Crippen LogP contribution in [0.25, 0.3) is 0 Å². The average Bonchev–Trinajstić information content (AvgIpc) is 2.55. The summed E-state index contributed by atoms with van der Waals surface area (Å²) in [7, 11) is -6.47. The van der Waals surface area contributed by atoms with E-state index >= 15 is 0 Å². The predicted molar refractivity (Wildman–Crippen MR) is 127 cm³/mol. The minimum Gasteiger partial charge on any atom is -0.433 e. The molecule has 0 aromatic carbocycles. The van der Waals surface area contributed by atoms with E-state index in [1.807, 2.05) is 52.4 Å². The van der Waals surface area contributed by atoms with Crippen molar-refractivity contribution in [3.63, 3.8) is 0 Å². The lowest BCUT2D eigenvalue weighted by Gasteiger charge is -2.45. The van der Waals surface area contributed by atoms with Crippen LogP contribution in [0, 0.1) is 0 Å². The van der Waals surface area contributed by atoms with Crippen LogP contribution in [0.1, 0.15) is 0 Å². The third-order valence-electron chi connectivity index (χ3n) is 4.58. The lowest BCUT2D eigenvalue weighted by molar-refractivity contribution is 0.137. The van der Waals surface area contributed by atoms with Crippen LogP contribution >= 0.6 is 0 Å². The molecule has 0 unspecified atom stereocenters. The summed E-state index contributed by atoms with van der Waals surface area (Å²) in [4.78, 5) is 0. The molecule has 0 fully saturated rings. The lowest BCUT2D eigenvalue weighted by atomic mass is 11.8. The molecule has 176 valence electrons. The molecule has 0 aliphatic carbocycles. The predicted octanol–water partition coefficient (Wildman–Crippen LogP) is 2.76. The summed E-state index contributed by atoms with van der Waals surface area (Å²) < 4.78 is 53.9. The Bertz CT molecular complexity index is 449.